The Morgan fingerprint density at radius 2 is 2.50 bits per heavy atom. The molecule has 0 saturated heterocycles. The van der Waals surface area contributed by atoms with Gasteiger partial charge in [-0.15, -0.1) is 23.1 Å². The van der Waals surface area contributed by atoms with Crippen LogP contribution in [0.15, 0.2) is 22.0 Å². The third kappa shape index (κ3) is 4.15. The lowest BCUT2D eigenvalue weighted by Gasteiger charge is -2.02. The van der Waals surface area contributed by atoms with Gasteiger partial charge in [0.25, 0.3) is 0 Å². The zero-order chi connectivity index (χ0) is 12.8. The van der Waals surface area contributed by atoms with Gasteiger partial charge in [-0.3, -0.25) is 4.79 Å². The smallest absolute Gasteiger partial charge is 0.230 e. The number of aryl methyl sites for hydroxylation is 1. The molecule has 0 bridgehead atoms. The molecular weight excluding hydrogens is 270 g/mol. The maximum Gasteiger partial charge on any atom is 0.230 e. The van der Waals surface area contributed by atoms with E-state index in [1.807, 2.05) is 17.5 Å². The minimum absolute atomic E-state index is 0.0219. The van der Waals surface area contributed by atoms with Crippen LogP contribution in [0, 0.1) is 6.92 Å². The largest absolute Gasteiger partial charge is 0.350 e. The zero-order valence-corrected chi connectivity index (χ0v) is 11.5. The van der Waals surface area contributed by atoms with Crippen molar-refractivity contribution in [2.24, 2.45) is 0 Å². The van der Waals surface area contributed by atoms with Gasteiger partial charge in [0.1, 0.15) is 0 Å². The Kier molecular flexibility index (Phi) is 4.77. The number of nitrogens with zero attached hydrogens (tertiary/aromatic N) is 2. The third-order valence-corrected chi connectivity index (χ3v) is 3.88. The Bertz CT molecular complexity index is 496. The van der Waals surface area contributed by atoms with Crippen molar-refractivity contribution < 1.29 is 9.32 Å². The molecule has 0 radical (unpaired) electrons. The van der Waals surface area contributed by atoms with Gasteiger partial charge in [-0.1, -0.05) is 11.2 Å². The first-order chi connectivity index (χ1) is 8.74. The van der Waals surface area contributed by atoms with Crippen LogP contribution < -0.4 is 5.32 Å². The molecule has 0 fully saturated rings. The first kappa shape index (κ1) is 13.1. The van der Waals surface area contributed by atoms with Gasteiger partial charge < -0.3 is 9.84 Å². The maximum atomic E-state index is 11.5. The summed E-state index contributed by atoms with van der Waals surface area (Å²) in [7, 11) is 0. The van der Waals surface area contributed by atoms with E-state index in [0.717, 1.165) is 4.88 Å². The summed E-state index contributed by atoms with van der Waals surface area (Å²) in [6, 6.07) is 3.97. The molecule has 2 heterocycles. The minimum atomic E-state index is 0.0219. The molecule has 0 aliphatic carbocycles. The molecule has 2 aromatic heterocycles. The number of nitrogens with one attached hydrogen (secondary N) is 1. The summed E-state index contributed by atoms with van der Waals surface area (Å²) in [6.45, 7) is 2.34. The van der Waals surface area contributed by atoms with Gasteiger partial charge in [0, 0.05) is 11.8 Å². The van der Waals surface area contributed by atoms with Gasteiger partial charge in [-0.05, 0) is 11.4 Å². The molecule has 0 aliphatic heterocycles. The number of rotatable bonds is 6. The van der Waals surface area contributed by atoms with Crippen LogP contribution in [-0.4, -0.2) is 21.8 Å². The molecule has 2 rings (SSSR count). The second-order valence-electron chi connectivity index (χ2n) is 3.58. The highest BCUT2D eigenvalue weighted by molar-refractivity contribution is 7.99. The zero-order valence-electron chi connectivity index (χ0n) is 9.88. The van der Waals surface area contributed by atoms with E-state index in [2.05, 4.69) is 15.5 Å². The van der Waals surface area contributed by atoms with Gasteiger partial charge >= 0.3 is 0 Å². The van der Waals surface area contributed by atoms with Crippen LogP contribution in [0.1, 0.15) is 16.6 Å². The number of amides is 1. The summed E-state index contributed by atoms with van der Waals surface area (Å²) in [5.74, 6) is 2.19. The number of thiophene rings is 1. The van der Waals surface area contributed by atoms with Gasteiger partial charge in [0.15, 0.2) is 5.82 Å². The summed E-state index contributed by atoms with van der Waals surface area (Å²) in [4.78, 5) is 16.8. The lowest BCUT2D eigenvalue weighted by Crippen LogP contribution is -2.24. The number of thioether (sulfide) groups is 1. The van der Waals surface area contributed by atoms with Crippen LogP contribution in [-0.2, 0) is 17.1 Å². The molecule has 96 valence electrons. The number of hydrogen-bond acceptors (Lipinski definition) is 6. The summed E-state index contributed by atoms with van der Waals surface area (Å²) in [5.41, 5.74) is 0. The fourth-order valence-electron chi connectivity index (χ4n) is 1.28. The topological polar surface area (TPSA) is 68.0 Å². The number of carbonyl (C=O) groups is 1. The van der Waals surface area contributed by atoms with Gasteiger partial charge in [-0.2, -0.15) is 4.98 Å². The van der Waals surface area contributed by atoms with Gasteiger partial charge in [-0.25, -0.2) is 0 Å². The van der Waals surface area contributed by atoms with Crippen molar-refractivity contribution in [2.75, 3.05) is 5.75 Å². The summed E-state index contributed by atoms with van der Waals surface area (Å²) < 4.78 is 4.84. The second-order valence-corrected chi connectivity index (χ2v) is 5.60. The van der Waals surface area contributed by atoms with E-state index < -0.39 is 0 Å². The van der Waals surface area contributed by atoms with Crippen molar-refractivity contribution in [3.8, 4) is 0 Å². The highest BCUT2D eigenvalue weighted by Gasteiger charge is 2.05. The molecule has 0 unspecified atom stereocenters. The van der Waals surface area contributed by atoms with Crippen molar-refractivity contribution in [1.82, 2.24) is 15.5 Å². The first-order valence-corrected chi connectivity index (χ1v) is 7.43. The van der Waals surface area contributed by atoms with Crippen LogP contribution in [0.25, 0.3) is 0 Å². The van der Waals surface area contributed by atoms with E-state index >= 15 is 0 Å². The third-order valence-electron chi connectivity index (χ3n) is 2.07. The lowest BCUT2D eigenvalue weighted by atomic mass is 10.4. The van der Waals surface area contributed by atoms with E-state index in [1.54, 1.807) is 18.3 Å². The predicted molar refractivity (Wildman–Crippen MR) is 71.4 cm³/mol. The second kappa shape index (κ2) is 6.55. The quantitative estimate of drug-likeness (QED) is 0.878. The molecule has 0 spiro atoms. The monoisotopic (exact) mass is 283 g/mol. The molecule has 0 aliphatic rings. The average Bonchev–Trinajstić information content (AvgIpc) is 2.98. The first-order valence-electron chi connectivity index (χ1n) is 5.40. The summed E-state index contributed by atoms with van der Waals surface area (Å²) in [6.07, 6.45) is 0. The molecule has 5 nitrogen and oxygen atoms in total. The van der Waals surface area contributed by atoms with E-state index in [1.165, 1.54) is 11.8 Å². The number of carbonyl (C=O) groups excluding carboxylic acids is 1. The molecule has 0 saturated carbocycles. The Labute approximate surface area is 113 Å². The van der Waals surface area contributed by atoms with Crippen molar-refractivity contribution in [3.63, 3.8) is 0 Å². The highest BCUT2D eigenvalue weighted by Crippen LogP contribution is 2.10. The normalized spacial score (nSPS) is 10.5. The van der Waals surface area contributed by atoms with Crippen molar-refractivity contribution >= 4 is 29.0 Å². The molecule has 2 aromatic rings. The summed E-state index contributed by atoms with van der Waals surface area (Å²) in [5, 5.41) is 8.62. The Hall–Kier alpha value is -1.34. The molecule has 0 aromatic carbocycles. The Balaban J connectivity index is 1.63. The van der Waals surface area contributed by atoms with Crippen LogP contribution in [0.3, 0.4) is 0 Å². The fourth-order valence-corrected chi connectivity index (χ4v) is 2.62. The fraction of sp³-hybridized carbons (Fsp3) is 0.364. The molecule has 18 heavy (non-hydrogen) atoms. The van der Waals surface area contributed by atoms with Crippen LogP contribution >= 0.6 is 23.1 Å². The van der Waals surface area contributed by atoms with Crippen LogP contribution in [0.2, 0.25) is 0 Å². The van der Waals surface area contributed by atoms with E-state index in [9.17, 15) is 4.79 Å². The average molecular weight is 283 g/mol. The molecule has 1 N–H and O–H groups in total. The Morgan fingerprint density at radius 1 is 1.61 bits per heavy atom. The van der Waals surface area contributed by atoms with Crippen molar-refractivity contribution in [1.29, 1.82) is 0 Å². The maximum absolute atomic E-state index is 11.5. The molecular formula is C11H13N3O2S2. The molecule has 0 atom stereocenters. The van der Waals surface area contributed by atoms with E-state index in [0.29, 0.717) is 29.8 Å². The molecule has 1 amide bonds. The summed E-state index contributed by atoms with van der Waals surface area (Å²) >= 11 is 3.11. The van der Waals surface area contributed by atoms with Crippen molar-refractivity contribution in [3.05, 3.63) is 34.1 Å². The minimum Gasteiger partial charge on any atom is -0.350 e. The highest BCUT2D eigenvalue weighted by atomic mass is 32.2. The Morgan fingerprint density at radius 3 is 3.17 bits per heavy atom. The van der Waals surface area contributed by atoms with Gasteiger partial charge in [0.05, 0.1) is 18.1 Å². The number of aromatic nitrogens is 2. The molecule has 7 heteroatoms. The standard InChI is InChI=1S/C11H13N3O2S2/c1-8-13-10(14-16-8)6-17-7-11(15)12-5-9-3-2-4-18-9/h2-4H,5-7H2,1H3,(H,12,15). The lowest BCUT2D eigenvalue weighted by molar-refractivity contribution is -0.118. The van der Waals surface area contributed by atoms with Crippen LogP contribution in [0.5, 0.6) is 0 Å². The van der Waals surface area contributed by atoms with Crippen molar-refractivity contribution in [2.45, 2.75) is 19.2 Å². The van der Waals surface area contributed by atoms with Gasteiger partial charge in [0.2, 0.25) is 11.8 Å². The number of hydrogen-bond donors (Lipinski definition) is 1. The van der Waals surface area contributed by atoms with E-state index in [4.69, 9.17) is 4.52 Å². The van der Waals surface area contributed by atoms with Crippen LogP contribution in [0.4, 0.5) is 0 Å². The SMILES string of the molecule is Cc1nc(CSCC(=O)NCc2cccs2)no1. The predicted octanol–water partition coefficient (Wildman–Crippen LogP) is 1.99. The van der Waals surface area contributed by atoms with E-state index in [-0.39, 0.29) is 5.91 Å².